The van der Waals surface area contributed by atoms with E-state index in [1.807, 2.05) is 0 Å². The minimum Gasteiger partial charge on any atom is -0.478 e. The van der Waals surface area contributed by atoms with Crippen molar-refractivity contribution < 1.29 is 36.2 Å². The second kappa shape index (κ2) is 4.34. The number of rotatable bonds is 2. The molecule has 4 nitrogen and oxygen atoms in total. The van der Waals surface area contributed by atoms with Crippen LogP contribution in [0.25, 0.3) is 0 Å². The number of aromatic carboxylic acids is 1. The molecule has 102 valence electrons. The highest BCUT2D eigenvalue weighted by atomic mass is 35.5. The summed E-state index contributed by atoms with van der Waals surface area (Å²) in [7, 11) is 0. The lowest BCUT2D eigenvalue weighted by Crippen LogP contribution is -2.19. The molecule has 0 aliphatic rings. The van der Waals surface area contributed by atoms with Crippen molar-refractivity contribution in [1.29, 1.82) is 0 Å². The van der Waals surface area contributed by atoms with Crippen molar-refractivity contribution in [2.45, 2.75) is 18.9 Å². The van der Waals surface area contributed by atoms with Gasteiger partial charge in [-0.15, -0.1) is 0 Å². The third-order valence-electron chi connectivity index (χ3n) is 1.70. The number of carboxylic acids is 1. The van der Waals surface area contributed by atoms with Crippen LogP contribution in [0.15, 0.2) is 0 Å². The number of carboxylic acid groups (broad SMARTS) is 1. The molecule has 1 heterocycles. The van der Waals surface area contributed by atoms with Gasteiger partial charge >= 0.3 is 18.3 Å². The average Bonchev–Trinajstić information content (AvgIpc) is 2.40. The Kier molecular flexibility index (Phi) is 3.52. The molecule has 18 heavy (non-hydrogen) atoms. The predicted molar refractivity (Wildman–Crippen MR) is 45.3 cm³/mol. The highest BCUT2D eigenvalue weighted by Gasteiger charge is 2.42. The second-order valence-corrected chi connectivity index (χ2v) is 3.45. The summed E-state index contributed by atoms with van der Waals surface area (Å²) in [5, 5.41) is 9.82. The van der Waals surface area contributed by atoms with Crippen molar-refractivity contribution in [1.82, 2.24) is 9.78 Å². The lowest BCUT2D eigenvalue weighted by Gasteiger charge is -2.06. The number of hydrogen-bond acceptors (Lipinski definition) is 2. The van der Waals surface area contributed by atoms with Crippen LogP contribution in [0.5, 0.6) is 0 Å². The van der Waals surface area contributed by atoms with Crippen molar-refractivity contribution in [3.8, 4) is 0 Å². The summed E-state index contributed by atoms with van der Waals surface area (Å²) >= 11 is 5.16. The maximum Gasteiger partial charge on any atom is 0.436 e. The van der Waals surface area contributed by atoms with Crippen LogP contribution >= 0.6 is 11.6 Å². The highest BCUT2D eigenvalue weighted by molar-refractivity contribution is 6.32. The van der Waals surface area contributed by atoms with E-state index in [0.717, 1.165) is 0 Å². The monoisotopic (exact) mass is 296 g/mol. The zero-order valence-corrected chi connectivity index (χ0v) is 8.86. The molecule has 1 aromatic heterocycles. The molecule has 0 aromatic carbocycles. The molecule has 0 saturated carbocycles. The van der Waals surface area contributed by atoms with Gasteiger partial charge in [-0.3, -0.25) is 0 Å². The van der Waals surface area contributed by atoms with E-state index in [0.29, 0.717) is 0 Å². The molecule has 0 amide bonds. The molecule has 0 atom stereocenters. The van der Waals surface area contributed by atoms with Crippen LogP contribution in [-0.4, -0.2) is 27.0 Å². The van der Waals surface area contributed by atoms with E-state index in [-0.39, 0.29) is 4.68 Å². The molecule has 0 aliphatic heterocycles. The molecule has 0 saturated heterocycles. The second-order valence-electron chi connectivity index (χ2n) is 3.09. The maximum absolute atomic E-state index is 12.4. The summed E-state index contributed by atoms with van der Waals surface area (Å²) in [6.07, 6.45) is -10.1. The summed E-state index contributed by atoms with van der Waals surface area (Å²) in [5.74, 6) is -2.11. The first-order valence-corrected chi connectivity index (χ1v) is 4.45. The van der Waals surface area contributed by atoms with E-state index in [2.05, 4.69) is 5.10 Å². The van der Waals surface area contributed by atoms with Gasteiger partial charge in [0.1, 0.15) is 17.3 Å². The van der Waals surface area contributed by atoms with E-state index >= 15 is 0 Å². The SMILES string of the molecule is O=C(O)c1c(C(F)(F)F)nn(CC(F)(F)F)c1Cl. The minimum absolute atomic E-state index is 0.256. The fourth-order valence-corrected chi connectivity index (χ4v) is 1.37. The Morgan fingerprint density at radius 3 is 2.06 bits per heavy atom. The van der Waals surface area contributed by atoms with Gasteiger partial charge in [-0.05, 0) is 0 Å². The van der Waals surface area contributed by atoms with Crippen LogP contribution in [0, 0.1) is 0 Å². The first-order valence-electron chi connectivity index (χ1n) is 4.07. The molecule has 11 heteroatoms. The third-order valence-corrected chi connectivity index (χ3v) is 2.09. The Morgan fingerprint density at radius 2 is 1.78 bits per heavy atom. The van der Waals surface area contributed by atoms with E-state index in [4.69, 9.17) is 16.7 Å². The van der Waals surface area contributed by atoms with Crippen molar-refractivity contribution in [2.24, 2.45) is 0 Å². The molecule has 0 fully saturated rings. The molecular formula is C7H3ClF6N2O2. The van der Waals surface area contributed by atoms with Gasteiger partial charge in [0.25, 0.3) is 0 Å². The lowest BCUT2D eigenvalue weighted by atomic mass is 10.2. The summed E-state index contributed by atoms with van der Waals surface area (Å²) in [6.45, 7) is -1.91. The van der Waals surface area contributed by atoms with Gasteiger partial charge in [-0.2, -0.15) is 31.4 Å². The Labute approximate surface area is 99.8 Å². The van der Waals surface area contributed by atoms with Crippen molar-refractivity contribution >= 4 is 17.6 Å². The average molecular weight is 297 g/mol. The van der Waals surface area contributed by atoms with E-state index < -0.39 is 41.3 Å². The third kappa shape index (κ3) is 3.06. The molecule has 0 bridgehead atoms. The highest BCUT2D eigenvalue weighted by Crippen LogP contribution is 2.35. The summed E-state index contributed by atoms with van der Waals surface area (Å²) < 4.78 is 72.8. The number of nitrogens with zero attached hydrogens (tertiary/aromatic N) is 2. The first-order chi connectivity index (χ1) is 7.93. The van der Waals surface area contributed by atoms with Gasteiger partial charge in [-0.1, -0.05) is 11.6 Å². The molecule has 0 unspecified atom stereocenters. The topological polar surface area (TPSA) is 55.1 Å². The fourth-order valence-electron chi connectivity index (χ4n) is 1.10. The Hall–Kier alpha value is -1.45. The van der Waals surface area contributed by atoms with E-state index in [9.17, 15) is 31.1 Å². The molecule has 0 radical (unpaired) electrons. The van der Waals surface area contributed by atoms with Crippen LogP contribution in [-0.2, 0) is 12.7 Å². The van der Waals surface area contributed by atoms with E-state index in [1.54, 1.807) is 0 Å². The number of halogens is 7. The Balaban J connectivity index is 3.38. The van der Waals surface area contributed by atoms with Gasteiger partial charge in [0, 0.05) is 0 Å². The van der Waals surface area contributed by atoms with Gasteiger partial charge < -0.3 is 5.11 Å². The standard InChI is InChI=1S/C7H3ClF6N2O2/c8-4-2(5(17)18)3(7(12,13)14)15-16(4)1-6(9,10)11/h1H2,(H,17,18). The van der Waals surface area contributed by atoms with Crippen LogP contribution in [0.2, 0.25) is 5.15 Å². The zero-order valence-electron chi connectivity index (χ0n) is 8.10. The number of alkyl halides is 6. The summed E-state index contributed by atoms with van der Waals surface area (Å²) in [6, 6.07) is 0. The van der Waals surface area contributed by atoms with Crippen LogP contribution in [0.4, 0.5) is 26.3 Å². The molecule has 0 aliphatic carbocycles. The van der Waals surface area contributed by atoms with Crippen molar-refractivity contribution in [3.63, 3.8) is 0 Å². The Bertz CT molecular complexity index is 478. The zero-order chi connectivity index (χ0) is 14.3. The van der Waals surface area contributed by atoms with Gasteiger partial charge in [0.15, 0.2) is 5.69 Å². The summed E-state index contributed by atoms with van der Waals surface area (Å²) in [5.41, 5.74) is -3.47. The van der Waals surface area contributed by atoms with Gasteiger partial charge in [0.2, 0.25) is 0 Å². The largest absolute Gasteiger partial charge is 0.478 e. The van der Waals surface area contributed by atoms with Crippen molar-refractivity contribution in [3.05, 3.63) is 16.4 Å². The van der Waals surface area contributed by atoms with Gasteiger partial charge in [0.05, 0.1) is 0 Å². The van der Waals surface area contributed by atoms with Crippen molar-refractivity contribution in [2.75, 3.05) is 0 Å². The van der Waals surface area contributed by atoms with E-state index in [1.165, 1.54) is 0 Å². The molecule has 1 N–H and O–H groups in total. The van der Waals surface area contributed by atoms with Crippen LogP contribution in [0.3, 0.4) is 0 Å². The first kappa shape index (κ1) is 14.6. The molecule has 1 aromatic rings. The number of carbonyl (C=O) groups is 1. The molecule has 1 rings (SSSR count). The maximum atomic E-state index is 12.4. The van der Waals surface area contributed by atoms with Crippen LogP contribution < -0.4 is 0 Å². The minimum atomic E-state index is -5.21. The summed E-state index contributed by atoms with van der Waals surface area (Å²) in [4.78, 5) is 10.5. The van der Waals surface area contributed by atoms with Crippen LogP contribution in [0.1, 0.15) is 16.1 Å². The number of aromatic nitrogens is 2. The predicted octanol–water partition coefficient (Wildman–Crippen LogP) is 2.82. The number of hydrogen-bond donors (Lipinski definition) is 1. The molecular weight excluding hydrogens is 294 g/mol. The lowest BCUT2D eigenvalue weighted by molar-refractivity contribution is -0.149. The quantitative estimate of drug-likeness (QED) is 0.854. The Morgan fingerprint density at radius 1 is 1.28 bits per heavy atom. The smallest absolute Gasteiger partial charge is 0.436 e. The van der Waals surface area contributed by atoms with Gasteiger partial charge in [-0.25, -0.2) is 9.48 Å². The molecule has 0 spiro atoms. The normalized spacial score (nSPS) is 12.8. The fraction of sp³-hybridized carbons (Fsp3) is 0.429.